The van der Waals surface area contributed by atoms with E-state index in [9.17, 15) is 19.2 Å². The van der Waals surface area contributed by atoms with Crippen LogP contribution in [0.15, 0.2) is 27.8 Å². The molecule has 150 valence electrons. The van der Waals surface area contributed by atoms with Crippen LogP contribution in [-0.2, 0) is 9.53 Å². The third kappa shape index (κ3) is 6.02. The molecular formula is C19H22BrFN4O3. The van der Waals surface area contributed by atoms with Crippen LogP contribution in [0.5, 0.6) is 0 Å². The standard InChI is InChI=1S/C19H22BrFN4O3/c1-19(2,3)28-18(27)25-8-6-12(7-9-25)17(26)16(11-22)24-23-15-5-4-13(20)10-14(15)21/h4-5,10,12,23H,6-9H2,1-3H3/b24-16+. The lowest BCUT2D eigenvalue weighted by molar-refractivity contribution is -0.117. The summed E-state index contributed by atoms with van der Waals surface area (Å²) in [7, 11) is 0. The fourth-order valence-corrected chi connectivity index (χ4v) is 3.01. The quantitative estimate of drug-likeness (QED) is 0.547. The molecule has 1 fully saturated rings. The lowest BCUT2D eigenvalue weighted by Crippen LogP contribution is -2.43. The summed E-state index contributed by atoms with van der Waals surface area (Å²) in [5.41, 5.74) is 1.58. The lowest BCUT2D eigenvalue weighted by atomic mass is 9.90. The Morgan fingerprint density at radius 2 is 2.00 bits per heavy atom. The largest absolute Gasteiger partial charge is 0.444 e. The van der Waals surface area contributed by atoms with Crippen LogP contribution in [0, 0.1) is 23.1 Å². The van der Waals surface area contributed by atoms with Crippen LogP contribution in [0.3, 0.4) is 0 Å². The number of carbonyl (C=O) groups excluding carboxylic acids is 2. The summed E-state index contributed by atoms with van der Waals surface area (Å²) in [5, 5.41) is 13.0. The van der Waals surface area contributed by atoms with Gasteiger partial charge in [-0.05, 0) is 51.8 Å². The highest BCUT2D eigenvalue weighted by atomic mass is 79.9. The molecule has 1 heterocycles. The molecule has 0 aromatic heterocycles. The second-order valence-electron chi connectivity index (χ2n) is 7.41. The Balaban J connectivity index is 1.97. The minimum Gasteiger partial charge on any atom is -0.444 e. The summed E-state index contributed by atoms with van der Waals surface area (Å²) in [6.45, 7) is 6.09. The van der Waals surface area contributed by atoms with E-state index in [1.54, 1.807) is 37.8 Å². The molecule has 1 aromatic rings. The number of amides is 1. The number of ketones is 1. The molecule has 0 aliphatic carbocycles. The zero-order valence-electron chi connectivity index (χ0n) is 16.0. The van der Waals surface area contributed by atoms with Crippen LogP contribution in [-0.4, -0.2) is 41.2 Å². The molecule has 1 saturated heterocycles. The summed E-state index contributed by atoms with van der Waals surface area (Å²) in [4.78, 5) is 26.2. The van der Waals surface area contributed by atoms with Gasteiger partial charge in [0.05, 0.1) is 5.69 Å². The van der Waals surface area contributed by atoms with E-state index >= 15 is 0 Å². The van der Waals surface area contributed by atoms with E-state index in [1.165, 1.54) is 12.1 Å². The molecule has 0 radical (unpaired) electrons. The first-order valence-electron chi connectivity index (χ1n) is 8.81. The van der Waals surface area contributed by atoms with Gasteiger partial charge in [-0.15, -0.1) is 0 Å². The number of carbonyl (C=O) groups is 2. The third-order valence-corrected chi connectivity index (χ3v) is 4.57. The van der Waals surface area contributed by atoms with Crippen molar-refractivity contribution in [1.29, 1.82) is 5.26 Å². The number of nitrogens with one attached hydrogen (secondary N) is 1. The molecule has 2 rings (SSSR count). The van der Waals surface area contributed by atoms with E-state index in [2.05, 4.69) is 26.5 Å². The van der Waals surface area contributed by atoms with Crippen LogP contribution in [0.4, 0.5) is 14.9 Å². The minimum absolute atomic E-state index is 0.0588. The van der Waals surface area contributed by atoms with Gasteiger partial charge in [0.25, 0.3) is 0 Å². The molecule has 7 nitrogen and oxygen atoms in total. The van der Waals surface area contributed by atoms with Crippen molar-refractivity contribution in [3.8, 4) is 6.07 Å². The first-order valence-corrected chi connectivity index (χ1v) is 9.61. The van der Waals surface area contributed by atoms with Crippen LogP contribution in [0.25, 0.3) is 0 Å². The monoisotopic (exact) mass is 452 g/mol. The molecule has 1 amide bonds. The molecular weight excluding hydrogens is 431 g/mol. The maximum absolute atomic E-state index is 13.8. The predicted molar refractivity (Wildman–Crippen MR) is 106 cm³/mol. The van der Waals surface area contributed by atoms with Crippen LogP contribution in [0.2, 0.25) is 0 Å². The number of benzene rings is 1. The molecule has 0 unspecified atom stereocenters. The fourth-order valence-electron chi connectivity index (χ4n) is 2.68. The number of hydrogen-bond acceptors (Lipinski definition) is 6. The lowest BCUT2D eigenvalue weighted by Gasteiger charge is -2.32. The number of anilines is 1. The maximum Gasteiger partial charge on any atom is 0.410 e. The zero-order valence-corrected chi connectivity index (χ0v) is 17.5. The Bertz CT molecular complexity index is 821. The fraction of sp³-hybridized carbons (Fsp3) is 0.474. The first kappa shape index (κ1) is 21.8. The highest BCUT2D eigenvalue weighted by Gasteiger charge is 2.31. The van der Waals surface area contributed by atoms with E-state index < -0.39 is 29.2 Å². The van der Waals surface area contributed by atoms with Gasteiger partial charge in [0.2, 0.25) is 5.71 Å². The van der Waals surface area contributed by atoms with E-state index in [4.69, 9.17) is 4.74 Å². The summed E-state index contributed by atoms with van der Waals surface area (Å²) in [6, 6.07) is 6.07. The molecule has 0 spiro atoms. The molecule has 0 bridgehead atoms. The van der Waals surface area contributed by atoms with Crippen molar-refractivity contribution in [2.45, 2.75) is 39.2 Å². The average molecular weight is 453 g/mol. The number of hydrazone groups is 1. The Labute approximate surface area is 171 Å². The second kappa shape index (κ2) is 9.15. The number of halogens is 2. The number of ether oxygens (including phenoxy) is 1. The van der Waals surface area contributed by atoms with Crippen molar-refractivity contribution in [2.75, 3.05) is 18.5 Å². The number of rotatable bonds is 4. The number of likely N-dealkylation sites (tertiary alicyclic amines) is 1. The van der Waals surface area contributed by atoms with Crippen LogP contribution >= 0.6 is 15.9 Å². The van der Waals surface area contributed by atoms with Crippen molar-refractivity contribution in [3.63, 3.8) is 0 Å². The van der Waals surface area contributed by atoms with Crippen molar-refractivity contribution in [3.05, 3.63) is 28.5 Å². The van der Waals surface area contributed by atoms with Crippen molar-refractivity contribution >= 4 is 39.2 Å². The number of nitrogens with zero attached hydrogens (tertiary/aromatic N) is 3. The van der Waals surface area contributed by atoms with Gasteiger partial charge in [0, 0.05) is 23.5 Å². The first-order chi connectivity index (χ1) is 13.1. The van der Waals surface area contributed by atoms with Gasteiger partial charge in [-0.3, -0.25) is 10.2 Å². The van der Waals surface area contributed by atoms with Crippen molar-refractivity contribution in [1.82, 2.24) is 4.90 Å². The summed E-state index contributed by atoms with van der Waals surface area (Å²) >= 11 is 3.15. The Kier molecular flexibility index (Phi) is 7.13. The topological polar surface area (TPSA) is 94.8 Å². The summed E-state index contributed by atoms with van der Waals surface area (Å²) in [5.74, 6) is -1.40. The van der Waals surface area contributed by atoms with Gasteiger partial charge in [0.1, 0.15) is 17.5 Å². The third-order valence-electron chi connectivity index (χ3n) is 4.08. The van der Waals surface area contributed by atoms with Crippen molar-refractivity contribution < 1.29 is 18.7 Å². The van der Waals surface area contributed by atoms with Gasteiger partial charge in [0.15, 0.2) is 5.78 Å². The number of hydrogen-bond donors (Lipinski definition) is 1. The average Bonchev–Trinajstić information content (AvgIpc) is 2.62. The normalized spacial score (nSPS) is 15.7. The SMILES string of the molecule is CC(C)(C)OC(=O)N1CCC(C(=O)/C(C#N)=N/Nc2ccc(Br)cc2F)CC1. The van der Waals surface area contributed by atoms with E-state index in [0.717, 1.165) is 0 Å². The number of Topliss-reactive ketones (excluding diaryl/α,β-unsaturated/α-hetero) is 1. The Hall–Kier alpha value is -2.47. The maximum atomic E-state index is 13.8. The zero-order chi connectivity index (χ0) is 20.9. The van der Waals surface area contributed by atoms with E-state index in [1.807, 2.05) is 0 Å². The molecule has 1 N–H and O–H groups in total. The summed E-state index contributed by atoms with van der Waals surface area (Å²) in [6.07, 6.45) is 0.400. The van der Waals surface area contributed by atoms with Gasteiger partial charge in [-0.1, -0.05) is 15.9 Å². The van der Waals surface area contributed by atoms with Gasteiger partial charge in [-0.25, -0.2) is 9.18 Å². The summed E-state index contributed by atoms with van der Waals surface area (Å²) < 4.78 is 19.7. The number of piperidine rings is 1. The minimum atomic E-state index is -0.585. The van der Waals surface area contributed by atoms with Crippen LogP contribution < -0.4 is 5.43 Å². The highest BCUT2D eigenvalue weighted by Crippen LogP contribution is 2.22. The molecule has 9 heteroatoms. The number of nitriles is 1. The molecule has 0 atom stereocenters. The van der Waals surface area contributed by atoms with Gasteiger partial charge >= 0.3 is 6.09 Å². The second-order valence-corrected chi connectivity index (χ2v) is 8.33. The Morgan fingerprint density at radius 1 is 1.36 bits per heavy atom. The molecule has 1 aliphatic heterocycles. The molecule has 1 aromatic carbocycles. The molecule has 1 aliphatic rings. The van der Waals surface area contributed by atoms with Crippen molar-refractivity contribution in [2.24, 2.45) is 11.0 Å². The van der Waals surface area contributed by atoms with Crippen LogP contribution in [0.1, 0.15) is 33.6 Å². The Morgan fingerprint density at radius 3 is 2.54 bits per heavy atom. The van der Waals surface area contributed by atoms with Gasteiger partial charge < -0.3 is 9.64 Å². The van der Waals surface area contributed by atoms with E-state index in [0.29, 0.717) is 30.4 Å². The predicted octanol–water partition coefficient (Wildman–Crippen LogP) is 4.10. The molecule has 0 saturated carbocycles. The van der Waals surface area contributed by atoms with E-state index in [-0.39, 0.29) is 11.4 Å². The highest BCUT2D eigenvalue weighted by molar-refractivity contribution is 9.10. The van der Waals surface area contributed by atoms with Gasteiger partial charge in [-0.2, -0.15) is 10.4 Å². The smallest absolute Gasteiger partial charge is 0.410 e. The molecule has 28 heavy (non-hydrogen) atoms.